The largest absolute Gasteiger partial charge is 0.497 e. The van der Waals surface area contributed by atoms with E-state index < -0.39 is 18.2 Å². The molecule has 2 aromatic rings. The van der Waals surface area contributed by atoms with E-state index in [2.05, 4.69) is 0 Å². The number of hydrogen-bond donors (Lipinski definition) is 2. The van der Waals surface area contributed by atoms with Gasteiger partial charge in [0.25, 0.3) is 0 Å². The van der Waals surface area contributed by atoms with E-state index in [0.717, 1.165) is 0 Å². The zero-order valence-corrected chi connectivity index (χ0v) is 18.1. The summed E-state index contributed by atoms with van der Waals surface area (Å²) in [6.07, 6.45) is 0.414. The van der Waals surface area contributed by atoms with E-state index in [4.69, 9.17) is 18.9 Å². The number of rotatable bonds is 12. The summed E-state index contributed by atoms with van der Waals surface area (Å²) in [5.74, 6) is 0.907. The molecule has 2 N–H and O–H groups in total. The fourth-order valence-electron chi connectivity index (χ4n) is 2.44. The predicted molar refractivity (Wildman–Crippen MR) is 117 cm³/mol. The smallest absolute Gasteiger partial charge is 0.348 e. The first-order valence-electron chi connectivity index (χ1n) is 10.1. The van der Waals surface area contributed by atoms with Crippen LogP contribution in [0.15, 0.2) is 54.1 Å². The summed E-state index contributed by atoms with van der Waals surface area (Å²) >= 11 is 0. The number of hydrogen-bond acceptors (Lipinski definition) is 8. The van der Waals surface area contributed by atoms with E-state index in [-0.39, 0.29) is 25.4 Å². The fraction of sp³-hybridized carbons (Fsp3) is 0.333. The minimum absolute atomic E-state index is 0.105. The van der Waals surface area contributed by atoms with Gasteiger partial charge in [-0.1, -0.05) is 19.1 Å². The average Bonchev–Trinajstić information content (AvgIpc) is 2.83. The summed E-state index contributed by atoms with van der Waals surface area (Å²) in [4.78, 5) is 12.1. The normalized spacial score (nSPS) is 12.9. The zero-order chi connectivity index (χ0) is 23.3. The Morgan fingerprint density at radius 3 is 1.97 bits per heavy atom. The Balaban J connectivity index is 1.78. The van der Waals surface area contributed by atoms with Gasteiger partial charge in [-0.05, 0) is 54.5 Å². The molecule has 2 atom stereocenters. The van der Waals surface area contributed by atoms with E-state index in [9.17, 15) is 20.3 Å². The van der Waals surface area contributed by atoms with Gasteiger partial charge in [-0.25, -0.2) is 4.79 Å². The monoisotopic (exact) mass is 441 g/mol. The lowest BCUT2D eigenvalue weighted by molar-refractivity contribution is -0.141. The SMILES string of the molecule is CCC(O)COc1ccc(OCC(O)COC(=O)/C(C#N)=C/c2ccc(OC)cc2)cc1. The molecule has 2 aromatic carbocycles. The summed E-state index contributed by atoms with van der Waals surface area (Å²) in [5.41, 5.74) is 0.451. The van der Waals surface area contributed by atoms with Gasteiger partial charge in [0.15, 0.2) is 0 Å². The van der Waals surface area contributed by atoms with Gasteiger partial charge in [-0.15, -0.1) is 0 Å². The quantitative estimate of drug-likeness (QED) is 0.293. The van der Waals surface area contributed by atoms with Crippen LogP contribution in [-0.2, 0) is 9.53 Å². The van der Waals surface area contributed by atoms with Crippen molar-refractivity contribution in [1.29, 1.82) is 5.26 Å². The van der Waals surface area contributed by atoms with E-state index >= 15 is 0 Å². The third-order valence-electron chi connectivity index (χ3n) is 4.35. The van der Waals surface area contributed by atoms with E-state index in [0.29, 0.717) is 29.2 Å². The fourth-order valence-corrected chi connectivity index (χ4v) is 2.44. The number of carbonyl (C=O) groups is 1. The number of ether oxygens (including phenoxy) is 4. The van der Waals surface area contributed by atoms with Gasteiger partial charge in [0, 0.05) is 0 Å². The van der Waals surface area contributed by atoms with E-state index in [1.165, 1.54) is 6.08 Å². The Labute approximate surface area is 187 Å². The number of nitriles is 1. The number of carbonyl (C=O) groups excluding carboxylic acids is 1. The van der Waals surface area contributed by atoms with Crippen molar-refractivity contribution in [3.63, 3.8) is 0 Å². The van der Waals surface area contributed by atoms with Crippen LogP contribution in [0.3, 0.4) is 0 Å². The molecule has 0 spiro atoms. The van der Waals surface area contributed by atoms with Crippen molar-refractivity contribution < 1.29 is 34.0 Å². The average molecular weight is 441 g/mol. The van der Waals surface area contributed by atoms with Crippen LogP contribution in [0, 0.1) is 11.3 Å². The topological polar surface area (TPSA) is 118 Å². The van der Waals surface area contributed by atoms with Crippen molar-refractivity contribution in [3.8, 4) is 23.3 Å². The van der Waals surface area contributed by atoms with Gasteiger partial charge in [0.1, 0.15) is 54.8 Å². The minimum Gasteiger partial charge on any atom is -0.497 e. The maximum absolute atomic E-state index is 12.1. The number of methoxy groups -OCH3 is 1. The maximum Gasteiger partial charge on any atom is 0.348 e. The van der Waals surface area contributed by atoms with Gasteiger partial charge < -0.3 is 29.2 Å². The first-order chi connectivity index (χ1) is 15.4. The van der Waals surface area contributed by atoms with Crippen molar-refractivity contribution in [2.24, 2.45) is 0 Å². The van der Waals surface area contributed by atoms with Gasteiger partial charge in [0.05, 0.1) is 13.2 Å². The van der Waals surface area contributed by atoms with Crippen molar-refractivity contribution in [2.75, 3.05) is 26.9 Å². The lowest BCUT2D eigenvalue weighted by Gasteiger charge is -2.14. The molecular weight excluding hydrogens is 414 g/mol. The maximum atomic E-state index is 12.1. The van der Waals surface area contributed by atoms with Crippen molar-refractivity contribution in [1.82, 2.24) is 0 Å². The first kappa shape index (κ1) is 24.7. The van der Waals surface area contributed by atoms with Crippen molar-refractivity contribution >= 4 is 12.0 Å². The molecule has 0 aromatic heterocycles. The molecular formula is C24H27NO7. The number of benzene rings is 2. The van der Waals surface area contributed by atoms with Crippen LogP contribution in [-0.4, -0.2) is 55.3 Å². The highest BCUT2D eigenvalue weighted by molar-refractivity contribution is 5.97. The first-order valence-corrected chi connectivity index (χ1v) is 10.1. The molecule has 0 aliphatic rings. The molecule has 32 heavy (non-hydrogen) atoms. The molecule has 0 radical (unpaired) electrons. The van der Waals surface area contributed by atoms with Crippen LogP contribution in [0.4, 0.5) is 0 Å². The third kappa shape index (κ3) is 8.30. The Kier molecular flexibility index (Phi) is 10.0. The van der Waals surface area contributed by atoms with Crippen LogP contribution in [0.25, 0.3) is 6.08 Å². The highest BCUT2D eigenvalue weighted by atomic mass is 16.5. The van der Waals surface area contributed by atoms with E-state index in [1.54, 1.807) is 61.7 Å². The Morgan fingerprint density at radius 1 is 0.938 bits per heavy atom. The molecule has 0 aliphatic heterocycles. The second kappa shape index (κ2) is 13.0. The lowest BCUT2D eigenvalue weighted by Crippen LogP contribution is -2.25. The second-order valence-corrected chi connectivity index (χ2v) is 6.85. The summed E-state index contributed by atoms with van der Waals surface area (Å²) < 4.78 is 21.0. The molecule has 0 fully saturated rings. The zero-order valence-electron chi connectivity index (χ0n) is 18.1. The molecule has 0 saturated heterocycles. The van der Waals surface area contributed by atoms with Gasteiger partial charge >= 0.3 is 5.97 Å². The molecule has 0 aliphatic carbocycles. The Morgan fingerprint density at radius 2 is 1.47 bits per heavy atom. The summed E-state index contributed by atoms with van der Waals surface area (Å²) in [5, 5.41) is 28.8. The van der Waals surface area contributed by atoms with Crippen LogP contribution in [0.2, 0.25) is 0 Å². The summed E-state index contributed by atoms with van der Waals surface area (Å²) in [6, 6.07) is 15.3. The Hall–Kier alpha value is -3.54. The van der Waals surface area contributed by atoms with E-state index in [1.807, 2.05) is 6.92 Å². The molecule has 0 bridgehead atoms. The van der Waals surface area contributed by atoms with Crippen LogP contribution in [0.1, 0.15) is 18.9 Å². The number of nitrogens with zero attached hydrogens (tertiary/aromatic N) is 1. The van der Waals surface area contributed by atoms with Crippen LogP contribution in [0.5, 0.6) is 17.2 Å². The standard InChI is InChI=1S/C24H27NO7/c1-3-19(26)14-30-22-8-10-23(11-9-22)31-15-20(27)16-32-24(28)18(13-25)12-17-4-6-21(29-2)7-5-17/h4-12,19-20,26-27H,3,14-16H2,1-2H3/b18-12+. The molecule has 0 saturated carbocycles. The summed E-state index contributed by atoms with van der Waals surface area (Å²) in [6.45, 7) is 1.65. The minimum atomic E-state index is -1.07. The molecule has 8 heteroatoms. The lowest BCUT2D eigenvalue weighted by atomic mass is 10.1. The molecule has 8 nitrogen and oxygen atoms in total. The molecule has 170 valence electrons. The number of aliphatic hydroxyl groups excluding tert-OH is 2. The molecule has 0 heterocycles. The predicted octanol–water partition coefficient (Wildman–Crippen LogP) is 2.73. The highest BCUT2D eigenvalue weighted by Gasteiger charge is 2.14. The number of aliphatic hydroxyl groups is 2. The van der Waals surface area contributed by atoms with Gasteiger partial charge in [-0.3, -0.25) is 0 Å². The summed E-state index contributed by atoms with van der Waals surface area (Å²) in [7, 11) is 1.54. The van der Waals surface area contributed by atoms with Crippen LogP contribution >= 0.6 is 0 Å². The highest BCUT2D eigenvalue weighted by Crippen LogP contribution is 2.18. The number of esters is 1. The molecule has 0 amide bonds. The van der Waals surface area contributed by atoms with Gasteiger partial charge in [-0.2, -0.15) is 5.26 Å². The second-order valence-electron chi connectivity index (χ2n) is 6.85. The molecule has 2 rings (SSSR count). The van der Waals surface area contributed by atoms with Gasteiger partial charge in [0.2, 0.25) is 0 Å². The van der Waals surface area contributed by atoms with Crippen molar-refractivity contribution in [2.45, 2.75) is 25.6 Å². The third-order valence-corrected chi connectivity index (χ3v) is 4.35. The van der Waals surface area contributed by atoms with Crippen LogP contribution < -0.4 is 14.2 Å². The van der Waals surface area contributed by atoms with Crippen molar-refractivity contribution in [3.05, 3.63) is 59.7 Å². The Bertz CT molecular complexity index is 917. The molecule has 2 unspecified atom stereocenters.